The molecule has 0 saturated heterocycles. The topological polar surface area (TPSA) is 123 Å². The molecule has 1 aliphatic heterocycles. The Bertz CT molecular complexity index is 930. The number of nitrogens with zero attached hydrogens (tertiary/aromatic N) is 3. The van der Waals surface area contributed by atoms with Crippen LogP contribution in [0.25, 0.3) is 0 Å². The summed E-state index contributed by atoms with van der Waals surface area (Å²) in [5.74, 6) is -2.34. The number of hydrogen-bond donors (Lipinski definition) is 1. The monoisotopic (exact) mass is 360 g/mol. The van der Waals surface area contributed by atoms with Crippen molar-refractivity contribution in [3.05, 3.63) is 62.9 Å². The van der Waals surface area contributed by atoms with Gasteiger partial charge >= 0.3 is 0 Å². The van der Waals surface area contributed by atoms with Crippen molar-refractivity contribution in [1.82, 2.24) is 9.88 Å². The Morgan fingerprint density at radius 2 is 2.00 bits per heavy atom. The number of halogens is 1. The maximum absolute atomic E-state index is 12.4. The highest BCUT2D eigenvalue weighted by Crippen LogP contribution is 2.30. The summed E-state index contributed by atoms with van der Waals surface area (Å²) in [5.41, 5.74) is -0.679. The highest BCUT2D eigenvalue weighted by Gasteiger charge is 2.41. The summed E-state index contributed by atoms with van der Waals surface area (Å²) in [5, 5.41) is 13.5. The van der Waals surface area contributed by atoms with Crippen LogP contribution in [0.5, 0.6) is 0 Å². The van der Waals surface area contributed by atoms with Crippen molar-refractivity contribution >= 4 is 40.7 Å². The van der Waals surface area contributed by atoms with Crippen LogP contribution in [0.3, 0.4) is 0 Å². The lowest BCUT2D eigenvalue weighted by atomic mass is 10.1. The number of benzene rings is 1. The van der Waals surface area contributed by atoms with Crippen molar-refractivity contribution in [2.75, 3.05) is 11.9 Å². The minimum Gasteiger partial charge on any atom is -0.322 e. The molecular weight excluding hydrogens is 352 g/mol. The number of imide groups is 1. The molecule has 25 heavy (non-hydrogen) atoms. The van der Waals surface area contributed by atoms with Crippen LogP contribution in [-0.2, 0) is 4.79 Å². The predicted molar refractivity (Wildman–Crippen MR) is 86.3 cm³/mol. The fourth-order valence-corrected chi connectivity index (χ4v) is 2.59. The molecule has 0 aliphatic carbocycles. The van der Waals surface area contributed by atoms with E-state index in [2.05, 4.69) is 10.3 Å². The number of nitro benzene ring substituents is 1. The molecule has 1 aliphatic rings. The van der Waals surface area contributed by atoms with Crippen LogP contribution in [0.15, 0.2) is 36.5 Å². The molecule has 3 rings (SSSR count). The van der Waals surface area contributed by atoms with E-state index in [1.807, 2.05) is 0 Å². The molecule has 0 radical (unpaired) electrons. The second-order valence-corrected chi connectivity index (χ2v) is 5.40. The van der Waals surface area contributed by atoms with Crippen molar-refractivity contribution in [2.45, 2.75) is 0 Å². The van der Waals surface area contributed by atoms with Gasteiger partial charge in [0.15, 0.2) is 5.15 Å². The van der Waals surface area contributed by atoms with E-state index in [1.54, 1.807) is 6.07 Å². The first-order chi connectivity index (χ1) is 11.9. The number of rotatable bonds is 4. The Morgan fingerprint density at radius 3 is 2.68 bits per heavy atom. The number of anilines is 1. The maximum Gasteiger partial charge on any atom is 0.282 e. The molecule has 0 saturated carbocycles. The lowest BCUT2D eigenvalue weighted by Crippen LogP contribution is -2.37. The molecular formula is C15H9ClN4O5. The number of nitrogens with one attached hydrogen (secondary N) is 1. The summed E-state index contributed by atoms with van der Waals surface area (Å²) in [6.45, 7) is -0.602. The van der Waals surface area contributed by atoms with Gasteiger partial charge in [0.25, 0.3) is 17.5 Å². The highest BCUT2D eigenvalue weighted by molar-refractivity contribution is 6.32. The predicted octanol–water partition coefficient (Wildman–Crippen LogP) is 1.88. The van der Waals surface area contributed by atoms with Gasteiger partial charge in [0.1, 0.15) is 12.1 Å². The molecule has 1 N–H and O–H groups in total. The molecule has 0 spiro atoms. The molecule has 10 heteroatoms. The van der Waals surface area contributed by atoms with Crippen molar-refractivity contribution in [2.24, 2.45) is 0 Å². The van der Waals surface area contributed by atoms with Crippen LogP contribution >= 0.6 is 11.6 Å². The molecule has 0 bridgehead atoms. The first-order valence-electron chi connectivity index (χ1n) is 6.94. The van der Waals surface area contributed by atoms with Gasteiger partial charge in [0, 0.05) is 12.3 Å². The van der Waals surface area contributed by atoms with E-state index in [0.717, 1.165) is 6.07 Å². The zero-order chi connectivity index (χ0) is 18.1. The number of carbonyl (C=O) groups is 3. The van der Waals surface area contributed by atoms with Gasteiger partial charge in [-0.25, -0.2) is 4.98 Å². The van der Waals surface area contributed by atoms with Crippen molar-refractivity contribution < 1.29 is 19.3 Å². The highest BCUT2D eigenvalue weighted by atomic mass is 35.5. The average Bonchev–Trinajstić information content (AvgIpc) is 2.82. The fourth-order valence-electron chi connectivity index (χ4n) is 2.42. The largest absolute Gasteiger partial charge is 0.322 e. The lowest BCUT2D eigenvalue weighted by molar-refractivity contribution is -0.385. The second-order valence-electron chi connectivity index (χ2n) is 5.04. The third kappa shape index (κ3) is 2.92. The van der Waals surface area contributed by atoms with Crippen LogP contribution < -0.4 is 5.32 Å². The Kier molecular flexibility index (Phi) is 4.15. The second kappa shape index (κ2) is 6.29. The molecule has 1 aromatic carbocycles. The zero-order valence-corrected chi connectivity index (χ0v) is 13.2. The lowest BCUT2D eigenvalue weighted by Gasteiger charge is -2.13. The fraction of sp³-hybridized carbons (Fsp3) is 0.0667. The molecule has 0 fully saturated rings. The first kappa shape index (κ1) is 16.5. The smallest absolute Gasteiger partial charge is 0.282 e. The van der Waals surface area contributed by atoms with Gasteiger partial charge in [-0.1, -0.05) is 17.7 Å². The minimum atomic E-state index is -0.889. The summed E-state index contributed by atoms with van der Waals surface area (Å²) in [6.07, 6.45) is 1.43. The standard InChI is InChI=1S/C15H9ClN4O5/c16-13-9(4-2-6-17-13)18-11(21)7-19-14(22)8-3-1-5-10(20(24)25)12(8)15(19)23/h1-6H,7H2,(H,18,21). The summed E-state index contributed by atoms with van der Waals surface area (Å²) in [7, 11) is 0. The van der Waals surface area contributed by atoms with Gasteiger partial charge in [-0.05, 0) is 18.2 Å². The van der Waals surface area contributed by atoms with Gasteiger partial charge < -0.3 is 5.32 Å². The van der Waals surface area contributed by atoms with Crippen molar-refractivity contribution in [1.29, 1.82) is 0 Å². The quantitative estimate of drug-likeness (QED) is 0.384. The molecule has 2 heterocycles. The van der Waals surface area contributed by atoms with Crippen molar-refractivity contribution in [3.63, 3.8) is 0 Å². The molecule has 126 valence electrons. The number of pyridine rings is 1. The normalized spacial score (nSPS) is 12.9. The first-order valence-corrected chi connectivity index (χ1v) is 7.32. The van der Waals surface area contributed by atoms with Crippen LogP contribution in [0.2, 0.25) is 5.15 Å². The Hall–Kier alpha value is -3.33. The van der Waals surface area contributed by atoms with E-state index in [0.29, 0.717) is 4.90 Å². The number of nitro groups is 1. The summed E-state index contributed by atoms with van der Waals surface area (Å²) >= 11 is 5.82. The Morgan fingerprint density at radius 1 is 1.24 bits per heavy atom. The van der Waals surface area contributed by atoms with Crippen LogP contribution in [0.4, 0.5) is 11.4 Å². The van der Waals surface area contributed by atoms with E-state index in [9.17, 15) is 24.5 Å². The average molecular weight is 361 g/mol. The van der Waals surface area contributed by atoms with E-state index in [1.165, 1.54) is 24.4 Å². The van der Waals surface area contributed by atoms with Gasteiger partial charge in [-0.15, -0.1) is 0 Å². The molecule has 3 amide bonds. The van der Waals surface area contributed by atoms with Gasteiger partial charge in [-0.2, -0.15) is 0 Å². The number of amides is 3. The Balaban J connectivity index is 1.83. The van der Waals surface area contributed by atoms with Gasteiger partial charge in [0.05, 0.1) is 16.2 Å². The molecule has 0 atom stereocenters. The van der Waals surface area contributed by atoms with Gasteiger partial charge in [0.2, 0.25) is 5.91 Å². The third-order valence-electron chi connectivity index (χ3n) is 3.51. The van der Waals surface area contributed by atoms with Crippen LogP contribution in [-0.4, -0.2) is 39.1 Å². The van der Waals surface area contributed by atoms with Crippen LogP contribution in [0, 0.1) is 10.1 Å². The zero-order valence-electron chi connectivity index (χ0n) is 12.4. The van der Waals surface area contributed by atoms with E-state index in [4.69, 9.17) is 11.6 Å². The molecule has 0 unspecified atom stereocenters. The summed E-state index contributed by atoms with van der Waals surface area (Å²) < 4.78 is 0. The number of aromatic nitrogens is 1. The summed E-state index contributed by atoms with van der Waals surface area (Å²) in [6, 6.07) is 6.79. The van der Waals surface area contributed by atoms with E-state index >= 15 is 0 Å². The summed E-state index contributed by atoms with van der Waals surface area (Å²) in [4.78, 5) is 51.5. The third-order valence-corrected chi connectivity index (χ3v) is 3.81. The number of carbonyl (C=O) groups excluding carboxylic acids is 3. The Labute approximate surface area is 145 Å². The molecule has 2 aromatic rings. The number of hydrogen-bond acceptors (Lipinski definition) is 6. The van der Waals surface area contributed by atoms with Gasteiger partial charge in [-0.3, -0.25) is 29.4 Å². The molecule has 9 nitrogen and oxygen atoms in total. The number of fused-ring (bicyclic) bond motifs is 1. The van der Waals surface area contributed by atoms with Crippen molar-refractivity contribution in [3.8, 4) is 0 Å². The van der Waals surface area contributed by atoms with E-state index in [-0.39, 0.29) is 22.0 Å². The minimum absolute atomic E-state index is 0.0499. The molecule has 1 aromatic heterocycles. The van der Waals surface area contributed by atoms with Crippen LogP contribution in [0.1, 0.15) is 20.7 Å². The van der Waals surface area contributed by atoms with E-state index < -0.39 is 34.9 Å². The maximum atomic E-state index is 12.4. The SMILES string of the molecule is O=C(CN1C(=O)c2cccc([N+](=O)[O-])c2C1=O)Nc1cccnc1Cl.